The molecule has 0 spiro atoms. The van der Waals surface area contributed by atoms with E-state index >= 15 is 0 Å². The number of hydrogen-bond acceptors (Lipinski definition) is 2. The van der Waals surface area contributed by atoms with Crippen LogP contribution in [0.2, 0.25) is 0 Å². The molecule has 2 rings (SSSR count). The number of carbonyl (C=O) groups is 2. The van der Waals surface area contributed by atoms with Crippen molar-refractivity contribution in [1.82, 2.24) is 5.32 Å². The van der Waals surface area contributed by atoms with Crippen molar-refractivity contribution in [1.29, 1.82) is 0 Å². The molecule has 0 atom stereocenters. The van der Waals surface area contributed by atoms with Crippen LogP contribution in [0.15, 0.2) is 54.6 Å². The van der Waals surface area contributed by atoms with Crippen LogP contribution in [-0.4, -0.2) is 17.4 Å². The molecule has 2 aromatic carbocycles. The van der Waals surface area contributed by atoms with Crippen molar-refractivity contribution >= 4 is 17.5 Å². The highest BCUT2D eigenvalue weighted by atomic mass is 16.2. The summed E-state index contributed by atoms with van der Waals surface area (Å²) in [5.74, 6) is -0.432. The fourth-order valence-electron chi connectivity index (χ4n) is 1.94. The molecule has 0 saturated heterocycles. The van der Waals surface area contributed by atoms with Crippen molar-refractivity contribution in [2.75, 3.05) is 5.32 Å². The lowest BCUT2D eigenvalue weighted by atomic mass is 10.1. The van der Waals surface area contributed by atoms with Gasteiger partial charge in [0.25, 0.3) is 11.8 Å². The Bertz CT molecular complexity index is 673. The monoisotopic (exact) mass is 296 g/mol. The zero-order valence-corrected chi connectivity index (χ0v) is 13.0. The maximum atomic E-state index is 12.2. The average molecular weight is 296 g/mol. The number of para-hydroxylation sites is 1. The number of anilines is 1. The SMILES string of the molecule is CC(C)(C)NC(=O)c1cccc(C(=O)Nc2ccccc2)c1. The van der Waals surface area contributed by atoms with E-state index in [1.165, 1.54) is 0 Å². The maximum Gasteiger partial charge on any atom is 0.255 e. The number of carbonyl (C=O) groups excluding carboxylic acids is 2. The Morgan fingerprint density at radius 1 is 0.818 bits per heavy atom. The first kappa shape index (κ1) is 15.8. The first-order chi connectivity index (χ1) is 10.3. The van der Waals surface area contributed by atoms with Crippen LogP contribution in [0.4, 0.5) is 5.69 Å². The van der Waals surface area contributed by atoms with Crippen molar-refractivity contribution in [2.24, 2.45) is 0 Å². The second kappa shape index (κ2) is 6.43. The smallest absolute Gasteiger partial charge is 0.255 e. The third-order valence-corrected chi connectivity index (χ3v) is 2.91. The van der Waals surface area contributed by atoms with E-state index < -0.39 is 0 Å². The topological polar surface area (TPSA) is 58.2 Å². The highest BCUT2D eigenvalue weighted by molar-refractivity contribution is 6.06. The highest BCUT2D eigenvalue weighted by Crippen LogP contribution is 2.11. The lowest BCUT2D eigenvalue weighted by Gasteiger charge is -2.20. The number of amides is 2. The van der Waals surface area contributed by atoms with Crippen molar-refractivity contribution in [2.45, 2.75) is 26.3 Å². The minimum atomic E-state index is -0.320. The predicted octanol–water partition coefficient (Wildman–Crippen LogP) is 3.47. The van der Waals surface area contributed by atoms with Gasteiger partial charge in [0, 0.05) is 22.4 Å². The lowest BCUT2D eigenvalue weighted by Crippen LogP contribution is -2.40. The molecule has 0 radical (unpaired) electrons. The summed E-state index contributed by atoms with van der Waals surface area (Å²) in [6.45, 7) is 5.74. The largest absolute Gasteiger partial charge is 0.347 e. The van der Waals surface area contributed by atoms with Crippen LogP contribution in [0, 0.1) is 0 Å². The van der Waals surface area contributed by atoms with E-state index in [4.69, 9.17) is 0 Å². The molecule has 4 heteroatoms. The molecule has 0 fully saturated rings. The Morgan fingerprint density at radius 2 is 1.41 bits per heavy atom. The van der Waals surface area contributed by atoms with E-state index in [0.717, 1.165) is 5.69 Å². The van der Waals surface area contributed by atoms with Gasteiger partial charge in [0.2, 0.25) is 0 Å². The minimum absolute atomic E-state index is 0.193. The van der Waals surface area contributed by atoms with Gasteiger partial charge < -0.3 is 10.6 Å². The average Bonchev–Trinajstić information content (AvgIpc) is 2.46. The second-order valence-corrected chi connectivity index (χ2v) is 6.11. The third-order valence-electron chi connectivity index (χ3n) is 2.91. The van der Waals surface area contributed by atoms with Gasteiger partial charge in [-0.25, -0.2) is 0 Å². The summed E-state index contributed by atoms with van der Waals surface area (Å²) in [4.78, 5) is 24.4. The van der Waals surface area contributed by atoms with E-state index in [9.17, 15) is 9.59 Å². The Balaban J connectivity index is 2.14. The molecule has 2 N–H and O–H groups in total. The molecule has 0 aliphatic carbocycles. The van der Waals surface area contributed by atoms with Crippen LogP contribution >= 0.6 is 0 Å². The van der Waals surface area contributed by atoms with Crippen LogP contribution in [0.3, 0.4) is 0 Å². The molecule has 0 aromatic heterocycles. The van der Waals surface area contributed by atoms with Gasteiger partial charge in [0.05, 0.1) is 0 Å². The number of benzene rings is 2. The molecule has 0 heterocycles. The van der Waals surface area contributed by atoms with Crippen molar-refractivity contribution in [3.8, 4) is 0 Å². The molecule has 0 aliphatic heterocycles. The lowest BCUT2D eigenvalue weighted by molar-refractivity contribution is 0.0919. The Morgan fingerprint density at radius 3 is 2.00 bits per heavy atom. The summed E-state index contributed by atoms with van der Waals surface area (Å²) in [5, 5.41) is 5.68. The molecule has 2 aromatic rings. The molecule has 114 valence electrons. The summed E-state index contributed by atoms with van der Waals surface area (Å²) >= 11 is 0. The summed E-state index contributed by atoms with van der Waals surface area (Å²) in [6.07, 6.45) is 0. The fraction of sp³-hybridized carbons (Fsp3) is 0.222. The Kier molecular flexibility index (Phi) is 4.61. The van der Waals surface area contributed by atoms with Crippen molar-refractivity contribution in [3.63, 3.8) is 0 Å². The van der Waals surface area contributed by atoms with E-state index in [2.05, 4.69) is 10.6 Å². The van der Waals surface area contributed by atoms with E-state index in [1.54, 1.807) is 24.3 Å². The third kappa shape index (κ3) is 4.45. The van der Waals surface area contributed by atoms with E-state index in [1.807, 2.05) is 51.1 Å². The number of rotatable bonds is 3. The fourth-order valence-corrected chi connectivity index (χ4v) is 1.94. The number of nitrogens with one attached hydrogen (secondary N) is 2. The first-order valence-corrected chi connectivity index (χ1v) is 7.14. The maximum absolute atomic E-state index is 12.2. The molecule has 22 heavy (non-hydrogen) atoms. The van der Waals surface area contributed by atoms with Gasteiger partial charge in [0.15, 0.2) is 0 Å². The molecule has 0 bridgehead atoms. The van der Waals surface area contributed by atoms with Crippen LogP contribution < -0.4 is 10.6 Å². The zero-order chi connectivity index (χ0) is 16.2. The standard InChI is InChI=1S/C18H20N2O2/c1-18(2,3)20-17(22)14-9-7-8-13(12-14)16(21)19-15-10-5-4-6-11-15/h4-12H,1-3H3,(H,19,21)(H,20,22). The molecule has 4 nitrogen and oxygen atoms in total. The van der Waals surface area contributed by atoms with Crippen molar-refractivity contribution in [3.05, 3.63) is 65.7 Å². The predicted molar refractivity (Wildman–Crippen MR) is 88.1 cm³/mol. The molecule has 0 unspecified atom stereocenters. The van der Waals surface area contributed by atoms with Gasteiger partial charge in [-0.2, -0.15) is 0 Å². The van der Waals surface area contributed by atoms with Crippen LogP contribution in [0.5, 0.6) is 0 Å². The van der Waals surface area contributed by atoms with Gasteiger partial charge >= 0.3 is 0 Å². The molecular formula is C18H20N2O2. The second-order valence-electron chi connectivity index (χ2n) is 6.11. The van der Waals surface area contributed by atoms with E-state index in [-0.39, 0.29) is 17.4 Å². The minimum Gasteiger partial charge on any atom is -0.347 e. The Hall–Kier alpha value is -2.62. The number of hydrogen-bond donors (Lipinski definition) is 2. The van der Waals surface area contributed by atoms with Crippen molar-refractivity contribution < 1.29 is 9.59 Å². The van der Waals surface area contributed by atoms with Gasteiger partial charge in [0.1, 0.15) is 0 Å². The zero-order valence-electron chi connectivity index (χ0n) is 13.0. The Labute approximate surface area is 130 Å². The summed E-state index contributed by atoms with van der Waals surface area (Å²) in [6, 6.07) is 15.9. The normalized spacial score (nSPS) is 10.9. The van der Waals surface area contributed by atoms with Gasteiger partial charge in [-0.05, 0) is 51.1 Å². The van der Waals surface area contributed by atoms with Crippen LogP contribution in [0.1, 0.15) is 41.5 Å². The molecule has 0 aliphatic rings. The molecule has 0 saturated carbocycles. The van der Waals surface area contributed by atoms with Gasteiger partial charge in [-0.15, -0.1) is 0 Å². The highest BCUT2D eigenvalue weighted by Gasteiger charge is 2.16. The van der Waals surface area contributed by atoms with Gasteiger partial charge in [-0.3, -0.25) is 9.59 Å². The van der Waals surface area contributed by atoms with Gasteiger partial charge in [-0.1, -0.05) is 24.3 Å². The summed E-state index contributed by atoms with van der Waals surface area (Å²) in [5.41, 5.74) is 1.32. The van der Waals surface area contributed by atoms with Crippen LogP contribution in [0.25, 0.3) is 0 Å². The first-order valence-electron chi connectivity index (χ1n) is 7.14. The summed E-state index contributed by atoms with van der Waals surface area (Å²) < 4.78 is 0. The molecule has 2 amide bonds. The summed E-state index contributed by atoms with van der Waals surface area (Å²) in [7, 11) is 0. The van der Waals surface area contributed by atoms with Crippen LogP contribution in [-0.2, 0) is 0 Å². The van der Waals surface area contributed by atoms with E-state index in [0.29, 0.717) is 11.1 Å². The molecular weight excluding hydrogens is 276 g/mol. The quantitative estimate of drug-likeness (QED) is 0.911.